The first kappa shape index (κ1) is 18.0. The van der Waals surface area contributed by atoms with Gasteiger partial charge in [0.1, 0.15) is 12.1 Å². The largest absolute Gasteiger partial charge is 0.497 e. The summed E-state index contributed by atoms with van der Waals surface area (Å²) in [6.45, 7) is 0.555. The molecule has 134 valence electrons. The summed E-state index contributed by atoms with van der Waals surface area (Å²) in [6, 6.07) is 15.4. The summed E-state index contributed by atoms with van der Waals surface area (Å²) in [6.07, 6.45) is 1.66. The summed E-state index contributed by atoms with van der Waals surface area (Å²) in [5.74, 6) is 1.43. The second kappa shape index (κ2) is 8.53. The van der Waals surface area contributed by atoms with Crippen molar-refractivity contribution in [2.75, 3.05) is 19.4 Å². The van der Waals surface area contributed by atoms with Gasteiger partial charge in [-0.2, -0.15) is 0 Å². The highest BCUT2D eigenvalue weighted by molar-refractivity contribution is 7.99. The highest BCUT2D eigenvalue weighted by atomic mass is 32.2. The molecule has 0 saturated carbocycles. The maximum Gasteiger partial charge on any atom is 0.251 e. The normalized spacial score (nSPS) is 10.5. The van der Waals surface area contributed by atoms with Gasteiger partial charge in [-0.3, -0.25) is 4.79 Å². The van der Waals surface area contributed by atoms with E-state index in [9.17, 15) is 4.79 Å². The number of carbonyl (C=O) groups is 1. The molecule has 0 saturated heterocycles. The van der Waals surface area contributed by atoms with E-state index in [1.807, 2.05) is 60.1 Å². The second-order valence-corrected chi connectivity index (χ2v) is 6.70. The van der Waals surface area contributed by atoms with Crippen molar-refractivity contribution in [1.82, 2.24) is 20.1 Å². The van der Waals surface area contributed by atoms with Gasteiger partial charge in [0, 0.05) is 24.9 Å². The van der Waals surface area contributed by atoms with Crippen molar-refractivity contribution >= 4 is 17.7 Å². The van der Waals surface area contributed by atoms with Crippen molar-refractivity contribution in [3.05, 3.63) is 60.4 Å². The Balaban J connectivity index is 1.60. The van der Waals surface area contributed by atoms with Gasteiger partial charge in [-0.15, -0.1) is 10.2 Å². The standard InChI is InChI=1S/C19H20N4O2S/c1-23-13-21-22-19(23)26-10-9-20-18(24)16-7-3-5-14(11-16)15-6-4-8-17(12-15)25-2/h3-8,11-13H,9-10H2,1-2H3,(H,20,24). The Morgan fingerprint density at radius 3 is 2.69 bits per heavy atom. The van der Waals surface area contributed by atoms with Gasteiger partial charge in [0.05, 0.1) is 7.11 Å². The molecule has 1 N–H and O–H groups in total. The minimum absolute atomic E-state index is 0.0895. The molecule has 0 fully saturated rings. The zero-order valence-electron chi connectivity index (χ0n) is 14.7. The zero-order chi connectivity index (χ0) is 18.4. The Morgan fingerprint density at radius 2 is 1.96 bits per heavy atom. The van der Waals surface area contributed by atoms with Crippen molar-refractivity contribution in [3.8, 4) is 16.9 Å². The van der Waals surface area contributed by atoms with Crippen molar-refractivity contribution in [2.24, 2.45) is 7.05 Å². The molecule has 2 aromatic carbocycles. The summed E-state index contributed by atoms with van der Waals surface area (Å²) < 4.78 is 7.12. The van der Waals surface area contributed by atoms with Crippen LogP contribution in [-0.4, -0.2) is 40.1 Å². The highest BCUT2D eigenvalue weighted by Gasteiger charge is 2.08. The molecule has 6 nitrogen and oxygen atoms in total. The number of nitrogens with one attached hydrogen (secondary N) is 1. The van der Waals surface area contributed by atoms with Crippen molar-refractivity contribution < 1.29 is 9.53 Å². The number of ether oxygens (including phenoxy) is 1. The predicted molar refractivity (Wildman–Crippen MR) is 102 cm³/mol. The van der Waals surface area contributed by atoms with Gasteiger partial charge in [-0.25, -0.2) is 0 Å². The molecule has 1 heterocycles. The summed E-state index contributed by atoms with van der Waals surface area (Å²) >= 11 is 1.56. The zero-order valence-corrected chi connectivity index (χ0v) is 15.5. The van der Waals surface area contributed by atoms with E-state index >= 15 is 0 Å². The molecule has 0 atom stereocenters. The van der Waals surface area contributed by atoms with Crippen LogP contribution in [0.1, 0.15) is 10.4 Å². The Morgan fingerprint density at radius 1 is 1.19 bits per heavy atom. The molecule has 1 aromatic heterocycles. The molecule has 3 aromatic rings. The maximum atomic E-state index is 12.4. The van der Waals surface area contributed by atoms with Crippen LogP contribution < -0.4 is 10.1 Å². The van der Waals surface area contributed by atoms with Crippen LogP contribution in [0.4, 0.5) is 0 Å². The number of methoxy groups -OCH3 is 1. The molecule has 26 heavy (non-hydrogen) atoms. The molecule has 0 bridgehead atoms. The lowest BCUT2D eigenvalue weighted by atomic mass is 10.0. The maximum absolute atomic E-state index is 12.4. The minimum Gasteiger partial charge on any atom is -0.497 e. The first-order valence-corrected chi connectivity index (χ1v) is 9.15. The fourth-order valence-corrected chi connectivity index (χ4v) is 3.20. The smallest absolute Gasteiger partial charge is 0.251 e. The Labute approximate surface area is 156 Å². The topological polar surface area (TPSA) is 69.0 Å². The average molecular weight is 368 g/mol. The van der Waals surface area contributed by atoms with Gasteiger partial charge in [0.25, 0.3) is 5.91 Å². The van der Waals surface area contributed by atoms with Crippen LogP contribution in [0.3, 0.4) is 0 Å². The van der Waals surface area contributed by atoms with Gasteiger partial charge in [0.2, 0.25) is 0 Å². The number of benzene rings is 2. The number of thioether (sulfide) groups is 1. The molecule has 7 heteroatoms. The lowest BCUT2D eigenvalue weighted by Gasteiger charge is -2.08. The van der Waals surface area contributed by atoms with Crippen LogP contribution >= 0.6 is 11.8 Å². The molecule has 0 radical (unpaired) electrons. The number of aromatic nitrogens is 3. The third kappa shape index (κ3) is 4.43. The van der Waals surface area contributed by atoms with Gasteiger partial charge >= 0.3 is 0 Å². The molecule has 1 amide bonds. The molecular formula is C19H20N4O2S. The first-order valence-electron chi connectivity index (χ1n) is 8.17. The number of carbonyl (C=O) groups excluding carboxylic acids is 1. The lowest BCUT2D eigenvalue weighted by Crippen LogP contribution is -2.25. The minimum atomic E-state index is -0.0895. The number of hydrogen-bond donors (Lipinski definition) is 1. The summed E-state index contributed by atoms with van der Waals surface area (Å²) in [5, 5.41) is 11.6. The summed E-state index contributed by atoms with van der Waals surface area (Å²) in [7, 11) is 3.53. The van der Waals surface area contributed by atoms with E-state index in [0.29, 0.717) is 12.1 Å². The van der Waals surface area contributed by atoms with E-state index in [-0.39, 0.29) is 5.91 Å². The number of hydrogen-bond acceptors (Lipinski definition) is 5. The number of rotatable bonds is 7. The highest BCUT2D eigenvalue weighted by Crippen LogP contribution is 2.24. The van der Waals surface area contributed by atoms with Crippen molar-refractivity contribution in [3.63, 3.8) is 0 Å². The molecule has 0 unspecified atom stereocenters. The predicted octanol–water partition coefficient (Wildman–Crippen LogP) is 3.01. The third-order valence-corrected chi connectivity index (χ3v) is 4.85. The van der Waals surface area contributed by atoms with E-state index in [1.165, 1.54) is 0 Å². The molecule has 0 aliphatic heterocycles. The van der Waals surface area contributed by atoms with E-state index in [1.54, 1.807) is 25.2 Å². The number of amides is 1. The SMILES string of the molecule is COc1cccc(-c2cccc(C(=O)NCCSc3nncn3C)c2)c1. The molecular weight excluding hydrogens is 348 g/mol. The fraction of sp³-hybridized carbons (Fsp3) is 0.211. The van der Waals surface area contributed by atoms with E-state index in [4.69, 9.17) is 4.74 Å². The van der Waals surface area contributed by atoms with Crippen LogP contribution in [0.15, 0.2) is 60.0 Å². The van der Waals surface area contributed by atoms with Crippen molar-refractivity contribution in [1.29, 1.82) is 0 Å². The Kier molecular flexibility index (Phi) is 5.91. The van der Waals surface area contributed by atoms with Crippen LogP contribution in [0.2, 0.25) is 0 Å². The van der Waals surface area contributed by atoms with Gasteiger partial charge < -0.3 is 14.6 Å². The van der Waals surface area contributed by atoms with Crippen LogP contribution in [0.5, 0.6) is 5.75 Å². The number of nitrogens with zero attached hydrogens (tertiary/aromatic N) is 3. The summed E-state index contributed by atoms with van der Waals surface area (Å²) in [5.41, 5.74) is 2.62. The van der Waals surface area contributed by atoms with E-state index in [2.05, 4.69) is 15.5 Å². The average Bonchev–Trinajstić information content (AvgIpc) is 3.10. The van der Waals surface area contributed by atoms with Gasteiger partial charge in [0.15, 0.2) is 5.16 Å². The summed E-state index contributed by atoms with van der Waals surface area (Å²) in [4.78, 5) is 12.4. The quantitative estimate of drug-likeness (QED) is 0.513. The monoisotopic (exact) mass is 368 g/mol. The van der Waals surface area contributed by atoms with Gasteiger partial charge in [-0.05, 0) is 35.4 Å². The first-order chi connectivity index (χ1) is 12.7. The Bertz CT molecular complexity index is 895. The van der Waals surface area contributed by atoms with Crippen LogP contribution in [0, 0.1) is 0 Å². The van der Waals surface area contributed by atoms with E-state index < -0.39 is 0 Å². The van der Waals surface area contributed by atoms with Gasteiger partial charge in [-0.1, -0.05) is 36.0 Å². The molecule has 0 spiro atoms. The van der Waals surface area contributed by atoms with Crippen molar-refractivity contribution in [2.45, 2.75) is 5.16 Å². The lowest BCUT2D eigenvalue weighted by molar-refractivity contribution is 0.0956. The molecule has 0 aliphatic carbocycles. The van der Waals surface area contributed by atoms with Crippen LogP contribution in [0.25, 0.3) is 11.1 Å². The molecule has 0 aliphatic rings. The van der Waals surface area contributed by atoms with E-state index in [0.717, 1.165) is 27.8 Å². The third-order valence-electron chi connectivity index (χ3n) is 3.82. The second-order valence-electron chi connectivity index (χ2n) is 5.64. The fourth-order valence-electron chi connectivity index (χ4n) is 2.45. The molecule has 3 rings (SSSR count). The van der Waals surface area contributed by atoms with Crippen LogP contribution in [-0.2, 0) is 7.05 Å². The Hall–Kier alpha value is -2.80. The number of aryl methyl sites for hydroxylation is 1.